The SMILES string of the molecule is O=C(N/C([S-])=N/c1nn[nH]n1)C1CCCCC1. The molecule has 1 aliphatic carbocycles. The van der Waals surface area contributed by atoms with Crippen molar-refractivity contribution in [1.82, 2.24) is 25.9 Å². The fourth-order valence-electron chi connectivity index (χ4n) is 1.89. The topological polar surface area (TPSA) is 95.9 Å². The molecule has 2 N–H and O–H groups in total. The van der Waals surface area contributed by atoms with E-state index in [1.165, 1.54) is 6.42 Å². The summed E-state index contributed by atoms with van der Waals surface area (Å²) < 4.78 is 0. The average molecular weight is 253 g/mol. The van der Waals surface area contributed by atoms with E-state index < -0.39 is 0 Å². The Bertz CT molecular complexity index is 398. The van der Waals surface area contributed by atoms with Crippen LogP contribution in [0.3, 0.4) is 0 Å². The molecule has 0 aromatic carbocycles. The van der Waals surface area contributed by atoms with Crippen LogP contribution in [0.25, 0.3) is 0 Å². The first kappa shape index (κ1) is 11.9. The molecule has 17 heavy (non-hydrogen) atoms. The van der Waals surface area contributed by atoms with Crippen molar-refractivity contribution in [1.29, 1.82) is 0 Å². The van der Waals surface area contributed by atoms with E-state index in [1.807, 2.05) is 0 Å². The van der Waals surface area contributed by atoms with Crippen LogP contribution in [0.1, 0.15) is 32.1 Å². The number of rotatable bonds is 2. The first-order chi connectivity index (χ1) is 8.25. The highest BCUT2D eigenvalue weighted by molar-refractivity contribution is 7.77. The van der Waals surface area contributed by atoms with Gasteiger partial charge in [-0.3, -0.25) is 4.79 Å². The summed E-state index contributed by atoms with van der Waals surface area (Å²) in [5.41, 5.74) is 0. The van der Waals surface area contributed by atoms with Gasteiger partial charge in [0, 0.05) is 5.92 Å². The number of aromatic nitrogens is 4. The van der Waals surface area contributed by atoms with Gasteiger partial charge in [-0.1, -0.05) is 24.4 Å². The van der Waals surface area contributed by atoms with Gasteiger partial charge >= 0.3 is 0 Å². The zero-order chi connectivity index (χ0) is 12.1. The lowest BCUT2D eigenvalue weighted by Crippen LogP contribution is -2.35. The number of aromatic amines is 1. The van der Waals surface area contributed by atoms with E-state index in [4.69, 9.17) is 12.6 Å². The molecule has 2 rings (SSSR count). The summed E-state index contributed by atoms with van der Waals surface area (Å²) in [6, 6.07) is 0. The fraction of sp³-hybridized carbons (Fsp3) is 0.667. The molecule has 1 saturated carbocycles. The maximum Gasteiger partial charge on any atom is 0.288 e. The van der Waals surface area contributed by atoms with Gasteiger partial charge < -0.3 is 17.9 Å². The summed E-state index contributed by atoms with van der Waals surface area (Å²) in [7, 11) is 0. The Balaban J connectivity index is 1.89. The lowest BCUT2D eigenvalue weighted by molar-refractivity contribution is -0.124. The maximum absolute atomic E-state index is 11.8. The molecule has 7 nitrogen and oxygen atoms in total. The van der Waals surface area contributed by atoms with Crippen molar-refractivity contribution in [2.24, 2.45) is 10.9 Å². The highest BCUT2D eigenvalue weighted by atomic mass is 32.1. The van der Waals surface area contributed by atoms with Crippen molar-refractivity contribution in [2.45, 2.75) is 32.1 Å². The Kier molecular flexibility index (Phi) is 3.97. The molecule has 0 spiro atoms. The van der Waals surface area contributed by atoms with Crippen LogP contribution in [0.15, 0.2) is 4.99 Å². The van der Waals surface area contributed by atoms with Crippen molar-refractivity contribution in [2.75, 3.05) is 0 Å². The average Bonchev–Trinajstić information content (AvgIpc) is 2.82. The van der Waals surface area contributed by atoms with Gasteiger partial charge in [-0.2, -0.15) is 5.21 Å². The molecule has 0 unspecified atom stereocenters. The van der Waals surface area contributed by atoms with Crippen LogP contribution < -0.4 is 5.32 Å². The third kappa shape index (κ3) is 3.45. The highest BCUT2D eigenvalue weighted by Gasteiger charge is 2.20. The predicted octanol–water partition coefficient (Wildman–Crippen LogP) is 0.431. The molecular weight excluding hydrogens is 240 g/mol. The molecule has 0 radical (unpaired) electrons. The molecule has 0 atom stereocenters. The van der Waals surface area contributed by atoms with E-state index in [0.29, 0.717) is 0 Å². The summed E-state index contributed by atoms with van der Waals surface area (Å²) in [5, 5.41) is 15.5. The molecule has 0 aliphatic heterocycles. The Labute approximate surface area is 104 Å². The maximum atomic E-state index is 11.8. The minimum atomic E-state index is -0.0538. The lowest BCUT2D eigenvalue weighted by atomic mass is 9.89. The summed E-state index contributed by atoms with van der Waals surface area (Å²) in [4.78, 5) is 15.7. The number of H-pyrrole nitrogens is 1. The highest BCUT2D eigenvalue weighted by Crippen LogP contribution is 2.23. The van der Waals surface area contributed by atoms with Crippen LogP contribution in [0, 0.1) is 5.92 Å². The largest absolute Gasteiger partial charge is 0.742 e. The molecule has 92 valence electrons. The second-order valence-electron chi connectivity index (χ2n) is 3.95. The number of carbonyl (C=O) groups is 1. The monoisotopic (exact) mass is 253 g/mol. The van der Waals surface area contributed by atoms with Crippen LogP contribution >= 0.6 is 0 Å². The first-order valence-electron chi connectivity index (χ1n) is 5.56. The van der Waals surface area contributed by atoms with Gasteiger partial charge in [-0.05, 0) is 23.2 Å². The van der Waals surface area contributed by atoms with Gasteiger partial charge in [0.2, 0.25) is 5.91 Å². The smallest absolute Gasteiger partial charge is 0.288 e. The van der Waals surface area contributed by atoms with Crippen LogP contribution in [0.5, 0.6) is 0 Å². The molecule has 1 aromatic rings. The number of nitrogens with one attached hydrogen (secondary N) is 2. The summed E-state index contributed by atoms with van der Waals surface area (Å²) in [6.07, 6.45) is 5.27. The number of nitrogens with zero attached hydrogens (tertiary/aromatic N) is 4. The Morgan fingerprint density at radius 3 is 2.82 bits per heavy atom. The Hall–Kier alpha value is -1.57. The number of hydrogen-bond donors (Lipinski definition) is 2. The number of carbonyl (C=O) groups excluding carboxylic acids is 1. The van der Waals surface area contributed by atoms with Crippen molar-refractivity contribution in [3.63, 3.8) is 0 Å². The van der Waals surface area contributed by atoms with Crippen LogP contribution in [-0.4, -0.2) is 31.7 Å². The molecule has 1 aliphatic rings. The Morgan fingerprint density at radius 2 is 2.18 bits per heavy atom. The van der Waals surface area contributed by atoms with Crippen molar-refractivity contribution in [3.05, 3.63) is 0 Å². The third-order valence-electron chi connectivity index (χ3n) is 2.74. The molecule has 1 heterocycles. The van der Waals surface area contributed by atoms with Gasteiger partial charge in [0.05, 0.1) is 0 Å². The van der Waals surface area contributed by atoms with E-state index >= 15 is 0 Å². The number of tetrazole rings is 1. The molecule has 0 saturated heterocycles. The second kappa shape index (κ2) is 5.67. The minimum Gasteiger partial charge on any atom is -0.742 e. The van der Waals surface area contributed by atoms with Crippen molar-refractivity contribution < 1.29 is 4.79 Å². The van der Waals surface area contributed by atoms with Gasteiger partial charge in [-0.15, -0.1) is 5.10 Å². The van der Waals surface area contributed by atoms with Gasteiger partial charge in [0.1, 0.15) is 0 Å². The van der Waals surface area contributed by atoms with E-state index in [1.54, 1.807) is 0 Å². The minimum absolute atomic E-state index is 0.0538. The number of aliphatic imine (C=N–C) groups is 1. The van der Waals surface area contributed by atoms with E-state index in [9.17, 15) is 4.79 Å². The van der Waals surface area contributed by atoms with Gasteiger partial charge in [0.25, 0.3) is 5.95 Å². The zero-order valence-corrected chi connectivity index (χ0v) is 10.0. The molecule has 1 aromatic heterocycles. The van der Waals surface area contributed by atoms with Crippen LogP contribution in [-0.2, 0) is 17.4 Å². The van der Waals surface area contributed by atoms with Crippen molar-refractivity contribution in [3.8, 4) is 0 Å². The zero-order valence-electron chi connectivity index (χ0n) is 9.22. The quantitative estimate of drug-likeness (QED) is 0.452. The standard InChI is InChI=1S/C9H14N6OS/c16-7(6-4-2-1-3-5-6)10-9(17)11-8-12-14-15-13-8/h6H,1-5H2,(H3,10,11,12,13,14,15,16,17)/p-1. The third-order valence-corrected chi connectivity index (χ3v) is 2.94. The van der Waals surface area contributed by atoms with Crippen LogP contribution in [0.4, 0.5) is 5.95 Å². The molecule has 1 fully saturated rings. The predicted molar refractivity (Wildman–Crippen MR) is 63.4 cm³/mol. The molecular formula is C9H13N6OS-. The van der Waals surface area contributed by atoms with E-state index in [2.05, 4.69) is 30.9 Å². The molecule has 0 bridgehead atoms. The number of hydrogen-bond acceptors (Lipinski definition) is 6. The van der Waals surface area contributed by atoms with Crippen molar-refractivity contribution >= 4 is 29.7 Å². The van der Waals surface area contributed by atoms with Gasteiger partial charge in [0.15, 0.2) is 0 Å². The summed E-state index contributed by atoms with van der Waals surface area (Å²) >= 11 is 4.93. The summed E-state index contributed by atoms with van der Waals surface area (Å²) in [5.74, 6) is 0.128. The lowest BCUT2D eigenvalue weighted by Gasteiger charge is -2.22. The number of amidine groups is 1. The molecule has 8 heteroatoms. The van der Waals surface area contributed by atoms with E-state index in [0.717, 1.165) is 25.7 Å². The fourth-order valence-corrected chi connectivity index (χ4v) is 2.08. The second-order valence-corrected chi connectivity index (χ2v) is 4.34. The molecule has 1 amide bonds. The number of amides is 1. The Morgan fingerprint density at radius 1 is 1.41 bits per heavy atom. The van der Waals surface area contributed by atoms with Crippen LogP contribution in [0.2, 0.25) is 0 Å². The normalized spacial score (nSPS) is 18.0. The van der Waals surface area contributed by atoms with E-state index in [-0.39, 0.29) is 22.9 Å². The first-order valence-corrected chi connectivity index (χ1v) is 5.96. The summed E-state index contributed by atoms with van der Waals surface area (Å²) in [6.45, 7) is 0. The van der Waals surface area contributed by atoms with Gasteiger partial charge in [-0.25, -0.2) is 4.99 Å².